The van der Waals surface area contributed by atoms with Gasteiger partial charge in [0.15, 0.2) is 0 Å². The summed E-state index contributed by atoms with van der Waals surface area (Å²) in [5.74, 6) is 0.815. The summed E-state index contributed by atoms with van der Waals surface area (Å²) in [5.41, 5.74) is 0. The Kier molecular flexibility index (Phi) is 4.60. The summed E-state index contributed by atoms with van der Waals surface area (Å²) in [5, 5.41) is 3.69. The van der Waals surface area contributed by atoms with Crippen molar-refractivity contribution in [2.45, 2.75) is 39.3 Å². The molecule has 1 aromatic heterocycles. The summed E-state index contributed by atoms with van der Waals surface area (Å²) in [6, 6.07) is 5.08. The van der Waals surface area contributed by atoms with E-state index < -0.39 is 0 Å². The molecule has 2 nitrogen and oxygen atoms in total. The Bertz CT molecular complexity index is 348. The molecule has 17 heavy (non-hydrogen) atoms. The molecule has 2 rings (SSSR count). The molecule has 0 spiro atoms. The number of aryl methyl sites for hydroxylation is 1. The Labute approximate surface area is 109 Å². The molecule has 1 aromatic rings. The fraction of sp³-hybridized carbons (Fsp3) is 0.714. The minimum atomic E-state index is 0.625. The summed E-state index contributed by atoms with van der Waals surface area (Å²) in [7, 11) is 2.24. The van der Waals surface area contributed by atoms with Crippen LogP contribution in [0.15, 0.2) is 12.1 Å². The molecule has 1 aliphatic rings. The van der Waals surface area contributed by atoms with Crippen molar-refractivity contribution < 1.29 is 0 Å². The lowest BCUT2D eigenvalue weighted by molar-refractivity contribution is 0.178. The van der Waals surface area contributed by atoms with Crippen LogP contribution in [0.25, 0.3) is 0 Å². The number of hydrogen-bond donors (Lipinski definition) is 1. The number of rotatable bonds is 4. The molecule has 2 atom stereocenters. The Balaban J connectivity index is 1.78. The number of likely N-dealkylation sites (tertiary alicyclic amines) is 1. The molecule has 1 fully saturated rings. The van der Waals surface area contributed by atoms with Gasteiger partial charge in [-0.25, -0.2) is 0 Å². The molecule has 3 heteroatoms. The van der Waals surface area contributed by atoms with Gasteiger partial charge >= 0.3 is 0 Å². The molecule has 0 aliphatic carbocycles. The van der Waals surface area contributed by atoms with Gasteiger partial charge in [0.05, 0.1) is 0 Å². The van der Waals surface area contributed by atoms with E-state index in [1.165, 1.54) is 35.7 Å². The number of thiophene rings is 1. The Morgan fingerprint density at radius 1 is 1.53 bits per heavy atom. The lowest BCUT2D eigenvalue weighted by atomic mass is 9.92. The van der Waals surface area contributed by atoms with E-state index in [2.05, 4.69) is 43.2 Å². The largest absolute Gasteiger partial charge is 0.309 e. The highest BCUT2D eigenvalue weighted by molar-refractivity contribution is 7.11. The predicted molar refractivity (Wildman–Crippen MR) is 75.6 cm³/mol. The zero-order chi connectivity index (χ0) is 12.3. The quantitative estimate of drug-likeness (QED) is 0.886. The number of piperidine rings is 1. The average Bonchev–Trinajstić information content (AvgIpc) is 2.72. The van der Waals surface area contributed by atoms with Crippen LogP contribution in [0, 0.1) is 12.8 Å². The van der Waals surface area contributed by atoms with Crippen LogP contribution in [0.4, 0.5) is 0 Å². The van der Waals surface area contributed by atoms with Gasteiger partial charge in [0.25, 0.3) is 0 Å². The van der Waals surface area contributed by atoms with Crippen LogP contribution in [-0.4, -0.2) is 31.1 Å². The number of nitrogens with zero attached hydrogens (tertiary/aromatic N) is 1. The van der Waals surface area contributed by atoms with Crippen molar-refractivity contribution in [1.29, 1.82) is 0 Å². The lowest BCUT2D eigenvalue weighted by Gasteiger charge is -2.33. The monoisotopic (exact) mass is 252 g/mol. The van der Waals surface area contributed by atoms with Crippen LogP contribution in [0.2, 0.25) is 0 Å². The van der Waals surface area contributed by atoms with Gasteiger partial charge < -0.3 is 10.2 Å². The summed E-state index contributed by atoms with van der Waals surface area (Å²) in [6.07, 6.45) is 2.73. The highest BCUT2D eigenvalue weighted by Crippen LogP contribution is 2.20. The van der Waals surface area contributed by atoms with Gasteiger partial charge in [0.2, 0.25) is 0 Å². The van der Waals surface area contributed by atoms with E-state index in [1.54, 1.807) is 0 Å². The second kappa shape index (κ2) is 5.98. The molecule has 1 aliphatic heterocycles. The van der Waals surface area contributed by atoms with E-state index in [0.29, 0.717) is 6.04 Å². The third-order valence-corrected chi connectivity index (χ3v) is 4.76. The van der Waals surface area contributed by atoms with Crippen LogP contribution >= 0.6 is 11.3 Å². The van der Waals surface area contributed by atoms with E-state index in [4.69, 9.17) is 0 Å². The Morgan fingerprint density at radius 2 is 2.35 bits per heavy atom. The summed E-state index contributed by atoms with van der Waals surface area (Å²) in [4.78, 5) is 5.33. The molecule has 0 aromatic carbocycles. The van der Waals surface area contributed by atoms with E-state index in [1.807, 2.05) is 11.3 Å². The molecular formula is C14H24N2S. The highest BCUT2D eigenvalue weighted by atomic mass is 32.1. The van der Waals surface area contributed by atoms with Gasteiger partial charge in [-0.1, -0.05) is 0 Å². The SMILES string of the molecule is Cc1ccc(CNC(C)C2CCCN(C)C2)s1. The maximum Gasteiger partial charge on any atom is 0.0302 e. The van der Waals surface area contributed by atoms with E-state index in [-0.39, 0.29) is 0 Å². The second-order valence-electron chi connectivity index (χ2n) is 5.35. The standard InChI is InChI=1S/C14H24N2S/c1-11-6-7-14(17-11)9-15-12(2)13-5-4-8-16(3)10-13/h6-7,12-13,15H,4-5,8-10H2,1-3H3. The van der Waals surface area contributed by atoms with Gasteiger partial charge in [-0.05, 0) is 58.3 Å². The first-order valence-electron chi connectivity index (χ1n) is 6.62. The lowest BCUT2D eigenvalue weighted by Crippen LogP contribution is -2.42. The minimum Gasteiger partial charge on any atom is -0.309 e. The molecule has 1 saturated heterocycles. The van der Waals surface area contributed by atoms with Gasteiger partial charge in [-0.15, -0.1) is 11.3 Å². The van der Waals surface area contributed by atoms with E-state index >= 15 is 0 Å². The first-order valence-corrected chi connectivity index (χ1v) is 7.44. The predicted octanol–water partition coefficient (Wildman–Crippen LogP) is 2.88. The summed E-state index contributed by atoms with van der Waals surface area (Å²) < 4.78 is 0. The third-order valence-electron chi connectivity index (χ3n) is 3.76. The molecular weight excluding hydrogens is 228 g/mol. The van der Waals surface area contributed by atoms with Crippen molar-refractivity contribution in [2.24, 2.45) is 5.92 Å². The number of hydrogen-bond acceptors (Lipinski definition) is 3. The smallest absolute Gasteiger partial charge is 0.0302 e. The van der Waals surface area contributed by atoms with Crippen molar-refractivity contribution in [3.05, 3.63) is 21.9 Å². The molecule has 96 valence electrons. The van der Waals surface area contributed by atoms with Crippen molar-refractivity contribution >= 4 is 11.3 Å². The van der Waals surface area contributed by atoms with E-state index in [9.17, 15) is 0 Å². The topological polar surface area (TPSA) is 15.3 Å². The normalized spacial score (nSPS) is 23.8. The zero-order valence-corrected chi connectivity index (χ0v) is 12.0. The average molecular weight is 252 g/mol. The minimum absolute atomic E-state index is 0.625. The first kappa shape index (κ1) is 13.1. The van der Waals surface area contributed by atoms with Crippen LogP contribution in [0.1, 0.15) is 29.5 Å². The molecule has 2 unspecified atom stereocenters. The fourth-order valence-corrected chi connectivity index (χ4v) is 3.46. The van der Waals surface area contributed by atoms with Crippen LogP contribution in [0.5, 0.6) is 0 Å². The fourth-order valence-electron chi connectivity index (χ4n) is 2.62. The first-order chi connectivity index (χ1) is 8.15. The van der Waals surface area contributed by atoms with Gasteiger partial charge in [0.1, 0.15) is 0 Å². The third kappa shape index (κ3) is 3.80. The summed E-state index contributed by atoms with van der Waals surface area (Å²) >= 11 is 1.90. The van der Waals surface area contributed by atoms with Crippen molar-refractivity contribution in [2.75, 3.05) is 20.1 Å². The van der Waals surface area contributed by atoms with Crippen molar-refractivity contribution in [1.82, 2.24) is 10.2 Å². The maximum atomic E-state index is 3.69. The van der Waals surface area contributed by atoms with Gasteiger partial charge in [0, 0.05) is 28.9 Å². The molecule has 2 heterocycles. The van der Waals surface area contributed by atoms with Crippen LogP contribution < -0.4 is 5.32 Å². The van der Waals surface area contributed by atoms with Crippen LogP contribution in [0.3, 0.4) is 0 Å². The zero-order valence-electron chi connectivity index (χ0n) is 11.2. The number of nitrogens with one attached hydrogen (secondary N) is 1. The Hall–Kier alpha value is -0.380. The van der Waals surface area contributed by atoms with Crippen molar-refractivity contribution in [3.63, 3.8) is 0 Å². The molecule has 0 saturated carbocycles. The molecule has 0 bridgehead atoms. The highest BCUT2D eigenvalue weighted by Gasteiger charge is 2.22. The second-order valence-corrected chi connectivity index (χ2v) is 6.72. The molecule has 0 amide bonds. The maximum absolute atomic E-state index is 3.69. The van der Waals surface area contributed by atoms with Crippen LogP contribution in [-0.2, 0) is 6.54 Å². The Morgan fingerprint density at radius 3 is 3.00 bits per heavy atom. The van der Waals surface area contributed by atoms with E-state index in [0.717, 1.165) is 12.5 Å². The molecule has 1 N–H and O–H groups in total. The molecule has 0 radical (unpaired) electrons. The van der Waals surface area contributed by atoms with Gasteiger partial charge in [-0.2, -0.15) is 0 Å². The van der Waals surface area contributed by atoms with Crippen molar-refractivity contribution in [3.8, 4) is 0 Å². The summed E-state index contributed by atoms with van der Waals surface area (Å²) in [6.45, 7) is 8.06. The van der Waals surface area contributed by atoms with Gasteiger partial charge in [-0.3, -0.25) is 0 Å².